The standard InChI is InChI=1S/C14H21N5/c1-2-18-8-4-6-11(18)9-14-17-16-13-7-3-5-12(10-15)19(13)14/h3,5,7,11H,2,4,6,8-10,15H2,1H3. The SMILES string of the molecule is CCN1CCCC1Cc1nnc2cccc(CN)n12. The van der Waals surface area contributed by atoms with Crippen molar-refractivity contribution in [2.45, 2.75) is 38.8 Å². The normalized spacial score (nSPS) is 20.4. The first-order valence-corrected chi connectivity index (χ1v) is 7.09. The molecule has 5 heteroatoms. The molecule has 1 unspecified atom stereocenters. The van der Waals surface area contributed by atoms with Gasteiger partial charge in [-0.15, -0.1) is 10.2 Å². The van der Waals surface area contributed by atoms with Gasteiger partial charge in [-0.1, -0.05) is 13.0 Å². The molecule has 0 aromatic carbocycles. The van der Waals surface area contributed by atoms with Gasteiger partial charge in [0.1, 0.15) is 5.82 Å². The number of fused-ring (bicyclic) bond motifs is 1. The van der Waals surface area contributed by atoms with Crippen LogP contribution in [0.2, 0.25) is 0 Å². The molecule has 5 nitrogen and oxygen atoms in total. The number of pyridine rings is 1. The molecule has 2 N–H and O–H groups in total. The van der Waals surface area contributed by atoms with Gasteiger partial charge in [-0.3, -0.25) is 4.40 Å². The molecule has 0 bridgehead atoms. The number of rotatable bonds is 4. The van der Waals surface area contributed by atoms with Crippen LogP contribution in [0.3, 0.4) is 0 Å². The van der Waals surface area contributed by atoms with Crippen LogP contribution in [0.4, 0.5) is 0 Å². The summed E-state index contributed by atoms with van der Waals surface area (Å²) in [6, 6.07) is 6.63. The van der Waals surface area contributed by atoms with Gasteiger partial charge in [0.05, 0.1) is 0 Å². The van der Waals surface area contributed by atoms with Crippen molar-refractivity contribution in [1.82, 2.24) is 19.5 Å². The van der Waals surface area contributed by atoms with E-state index in [0.29, 0.717) is 12.6 Å². The Bertz CT molecular complexity index is 562. The molecule has 0 spiro atoms. The molecule has 0 radical (unpaired) electrons. The largest absolute Gasteiger partial charge is 0.325 e. The van der Waals surface area contributed by atoms with E-state index in [1.165, 1.54) is 19.4 Å². The smallest absolute Gasteiger partial charge is 0.161 e. The Balaban J connectivity index is 1.92. The molecule has 19 heavy (non-hydrogen) atoms. The molecule has 2 aromatic rings. The number of likely N-dealkylation sites (N-methyl/N-ethyl adjacent to an activating group) is 1. The van der Waals surface area contributed by atoms with Crippen LogP contribution in [0.1, 0.15) is 31.3 Å². The third-order valence-corrected chi connectivity index (χ3v) is 4.11. The highest BCUT2D eigenvalue weighted by Gasteiger charge is 2.25. The summed E-state index contributed by atoms with van der Waals surface area (Å²) in [5.74, 6) is 1.04. The number of nitrogens with zero attached hydrogens (tertiary/aromatic N) is 4. The quantitative estimate of drug-likeness (QED) is 0.896. The first-order valence-electron chi connectivity index (χ1n) is 7.09. The molecular weight excluding hydrogens is 238 g/mol. The van der Waals surface area contributed by atoms with Crippen molar-refractivity contribution in [2.24, 2.45) is 5.73 Å². The van der Waals surface area contributed by atoms with Gasteiger partial charge >= 0.3 is 0 Å². The Morgan fingerprint density at radius 2 is 2.26 bits per heavy atom. The van der Waals surface area contributed by atoms with Crippen LogP contribution in [-0.4, -0.2) is 38.6 Å². The summed E-state index contributed by atoms with van der Waals surface area (Å²) < 4.78 is 2.12. The van der Waals surface area contributed by atoms with Crippen molar-refractivity contribution < 1.29 is 0 Å². The summed E-state index contributed by atoms with van der Waals surface area (Å²) in [4.78, 5) is 2.53. The summed E-state index contributed by atoms with van der Waals surface area (Å²) in [7, 11) is 0. The predicted octanol–water partition coefficient (Wildman–Crippen LogP) is 1.21. The summed E-state index contributed by atoms with van der Waals surface area (Å²) in [5, 5.41) is 8.63. The molecule has 0 saturated carbocycles. The number of hydrogen-bond donors (Lipinski definition) is 1. The van der Waals surface area contributed by atoms with E-state index in [4.69, 9.17) is 5.73 Å². The molecule has 1 atom stereocenters. The fraction of sp³-hybridized carbons (Fsp3) is 0.571. The number of likely N-dealkylation sites (tertiary alicyclic amines) is 1. The second-order valence-electron chi connectivity index (χ2n) is 5.16. The summed E-state index contributed by atoms with van der Waals surface area (Å²) in [5.41, 5.74) is 7.80. The van der Waals surface area contributed by atoms with E-state index >= 15 is 0 Å². The highest BCUT2D eigenvalue weighted by atomic mass is 15.3. The highest BCUT2D eigenvalue weighted by molar-refractivity contribution is 5.40. The third kappa shape index (κ3) is 2.24. The van der Waals surface area contributed by atoms with Crippen LogP contribution < -0.4 is 5.73 Å². The second kappa shape index (κ2) is 5.27. The van der Waals surface area contributed by atoms with Crippen molar-refractivity contribution in [3.8, 4) is 0 Å². The Morgan fingerprint density at radius 3 is 3.05 bits per heavy atom. The van der Waals surface area contributed by atoms with Gasteiger partial charge in [-0.05, 0) is 38.1 Å². The maximum atomic E-state index is 5.82. The maximum absolute atomic E-state index is 5.82. The summed E-state index contributed by atoms with van der Waals surface area (Å²) >= 11 is 0. The molecule has 3 heterocycles. The number of hydrogen-bond acceptors (Lipinski definition) is 4. The second-order valence-corrected chi connectivity index (χ2v) is 5.16. The predicted molar refractivity (Wildman–Crippen MR) is 74.9 cm³/mol. The Kier molecular flexibility index (Phi) is 3.48. The van der Waals surface area contributed by atoms with Gasteiger partial charge in [-0.2, -0.15) is 0 Å². The van der Waals surface area contributed by atoms with Crippen molar-refractivity contribution in [3.05, 3.63) is 29.7 Å². The lowest BCUT2D eigenvalue weighted by atomic mass is 10.1. The van der Waals surface area contributed by atoms with Crippen molar-refractivity contribution in [1.29, 1.82) is 0 Å². The molecule has 2 aromatic heterocycles. The number of nitrogens with two attached hydrogens (primary N) is 1. The van der Waals surface area contributed by atoms with Crippen molar-refractivity contribution >= 4 is 5.65 Å². The Hall–Kier alpha value is -1.46. The zero-order valence-corrected chi connectivity index (χ0v) is 11.4. The minimum atomic E-state index is 0.518. The molecular formula is C14H21N5. The number of aromatic nitrogens is 3. The van der Waals surface area contributed by atoms with E-state index in [1.54, 1.807) is 0 Å². The van der Waals surface area contributed by atoms with Crippen molar-refractivity contribution in [2.75, 3.05) is 13.1 Å². The van der Waals surface area contributed by atoms with E-state index in [1.807, 2.05) is 18.2 Å². The minimum absolute atomic E-state index is 0.518. The van der Waals surface area contributed by atoms with Crippen LogP contribution in [0.25, 0.3) is 5.65 Å². The minimum Gasteiger partial charge on any atom is -0.325 e. The average molecular weight is 259 g/mol. The monoisotopic (exact) mass is 259 g/mol. The van der Waals surface area contributed by atoms with Crippen LogP contribution >= 0.6 is 0 Å². The Labute approximate surface area is 113 Å². The van der Waals surface area contributed by atoms with Crippen LogP contribution in [0, 0.1) is 0 Å². The average Bonchev–Trinajstić information content (AvgIpc) is 3.06. The third-order valence-electron chi connectivity index (χ3n) is 4.11. The van der Waals surface area contributed by atoms with E-state index in [-0.39, 0.29) is 0 Å². The molecule has 0 amide bonds. The van der Waals surface area contributed by atoms with Gasteiger partial charge in [0.25, 0.3) is 0 Å². The zero-order valence-electron chi connectivity index (χ0n) is 11.4. The maximum Gasteiger partial charge on any atom is 0.161 e. The molecule has 3 rings (SSSR count). The van der Waals surface area contributed by atoms with E-state index in [9.17, 15) is 0 Å². The molecule has 1 fully saturated rings. The molecule has 1 aliphatic rings. The van der Waals surface area contributed by atoms with Gasteiger partial charge in [0.15, 0.2) is 5.65 Å². The summed E-state index contributed by atoms with van der Waals surface area (Å²) in [6.07, 6.45) is 3.51. The van der Waals surface area contributed by atoms with E-state index in [0.717, 1.165) is 30.1 Å². The van der Waals surface area contributed by atoms with Gasteiger partial charge in [-0.25, -0.2) is 0 Å². The molecule has 102 valence electrons. The molecule has 1 aliphatic heterocycles. The van der Waals surface area contributed by atoms with Gasteiger partial charge in [0.2, 0.25) is 0 Å². The van der Waals surface area contributed by atoms with Crippen LogP contribution in [0.15, 0.2) is 18.2 Å². The lowest BCUT2D eigenvalue weighted by molar-refractivity contribution is 0.263. The molecule has 1 saturated heterocycles. The first kappa shape index (κ1) is 12.6. The fourth-order valence-electron chi connectivity index (χ4n) is 3.12. The lowest BCUT2D eigenvalue weighted by Gasteiger charge is -2.22. The van der Waals surface area contributed by atoms with E-state index in [2.05, 4.69) is 26.4 Å². The van der Waals surface area contributed by atoms with Gasteiger partial charge in [0, 0.05) is 24.7 Å². The van der Waals surface area contributed by atoms with Gasteiger partial charge < -0.3 is 10.6 Å². The molecule has 0 aliphatic carbocycles. The zero-order chi connectivity index (χ0) is 13.2. The Morgan fingerprint density at radius 1 is 1.37 bits per heavy atom. The first-order chi connectivity index (χ1) is 9.33. The fourth-order valence-corrected chi connectivity index (χ4v) is 3.12. The van der Waals surface area contributed by atoms with E-state index < -0.39 is 0 Å². The van der Waals surface area contributed by atoms with Crippen LogP contribution in [-0.2, 0) is 13.0 Å². The van der Waals surface area contributed by atoms with Crippen molar-refractivity contribution in [3.63, 3.8) is 0 Å². The highest BCUT2D eigenvalue weighted by Crippen LogP contribution is 2.20. The summed E-state index contributed by atoms with van der Waals surface area (Å²) in [6.45, 7) is 5.07. The topological polar surface area (TPSA) is 59.5 Å². The van der Waals surface area contributed by atoms with Crippen LogP contribution in [0.5, 0.6) is 0 Å². The lowest BCUT2D eigenvalue weighted by Crippen LogP contribution is -2.31.